The van der Waals surface area contributed by atoms with Crippen LogP contribution in [0.2, 0.25) is 0 Å². The number of hydrogen-bond acceptors (Lipinski definition) is 6. The van der Waals surface area contributed by atoms with E-state index in [4.69, 9.17) is 4.74 Å². The molecule has 34 heavy (non-hydrogen) atoms. The smallest absolute Gasteiger partial charge is 0.408 e. The highest BCUT2D eigenvalue weighted by molar-refractivity contribution is 5.93. The van der Waals surface area contributed by atoms with Crippen molar-refractivity contribution in [2.45, 2.75) is 57.7 Å². The molecule has 0 bridgehead atoms. The molecule has 2 unspecified atom stereocenters. The Kier molecular flexibility index (Phi) is 7.80. The van der Waals surface area contributed by atoms with Crippen LogP contribution in [0.25, 0.3) is 10.9 Å². The molecule has 0 aliphatic carbocycles. The zero-order valence-electron chi connectivity index (χ0n) is 20.0. The molecule has 3 rings (SSSR count). The van der Waals surface area contributed by atoms with E-state index in [0.29, 0.717) is 19.4 Å². The predicted octanol–water partition coefficient (Wildman–Crippen LogP) is 1.88. The van der Waals surface area contributed by atoms with Gasteiger partial charge in [0.1, 0.15) is 24.2 Å². The molecule has 0 spiro atoms. The van der Waals surface area contributed by atoms with Gasteiger partial charge in [0.2, 0.25) is 11.8 Å². The van der Waals surface area contributed by atoms with Crippen LogP contribution in [0.1, 0.15) is 39.2 Å². The average Bonchev–Trinajstić information content (AvgIpc) is 3.42. The van der Waals surface area contributed by atoms with Gasteiger partial charge >= 0.3 is 12.1 Å². The van der Waals surface area contributed by atoms with E-state index in [-0.39, 0.29) is 18.9 Å². The lowest BCUT2D eigenvalue weighted by molar-refractivity contribution is -0.143. The van der Waals surface area contributed by atoms with E-state index in [1.807, 2.05) is 30.5 Å². The van der Waals surface area contributed by atoms with Gasteiger partial charge in [0.15, 0.2) is 0 Å². The van der Waals surface area contributed by atoms with E-state index in [1.165, 1.54) is 12.0 Å². The van der Waals surface area contributed by atoms with Crippen LogP contribution >= 0.6 is 0 Å². The Morgan fingerprint density at radius 1 is 1.21 bits per heavy atom. The van der Waals surface area contributed by atoms with Crippen molar-refractivity contribution in [2.75, 3.05) is 20.2 Å². The molecule has 1 aromatic heterocycles. The van der Waals surface area contributed by atoms with Crippen molar-refractivity contribution in [1.29, 1.82) is 0 Å². The number of H-pyrrole nitrogens is 1. The molecule has 1 aliphatic heterocycles. The van der Waals surface area contributed by atoms with E-state index in [9.17, 15) is 19.2 Å². The monoisotopic (exact) mass is 472 g/mol. The van der Waals surface area contributed by atoms with Gasteiger partial charge in [0.05, 0.1) is 7.11 Å². The molecule has 0 saturated carbocycles. The summed E-state index contributed by atoms with van der Waals surface area (Å²) in [5, 5.41) is 6.16. The first-order valence-electron chi connectivity index (χ1n) is 11.3. The molecule has 1 fully saturated rings. The minimum absolute atomic E-state index is 0.217. The van der Waals surface area contributed by atoms with Gasteiger partial charge < -0.3 is 30.0 Å². The van der Waals surface area contributed by atoms with Crippen molar-refractivity contribution in [3.05, 3.63) is 36.0 Å². The SMILES string of the molecule is COC(=O)CNC(=O)C1CCCN1C(=O)C(Cc1c[nH]c2ccccc12)NC(=O)OC(C)(C)C. The third-order valence-corrected chi connectivity index (χ3v) is 5.56. The minimum atomic E-state index is -0.942. The summed E-state index contributed by atoms with van der Waals surface area (Å²) in [6.07, 6.45) is 2.41. The molecule has 10 heteroatoms. The molecule has 2 heterocycles. The minimum Gasteiger partial charge on any atom is -0.468 e. The van der Waals surface area contributed by atoms with E-state index in [2.05, 4.69) is 20.4 Å². The van der Waals surface area contributed by atoms with Crippen LogP contribution in [0.3, 0.4) is 0 Å². The highest BCUT2D eigenvalue weighted by atomic mass is 16.6. The summed E-state index contributed by atoms with van der Waals surface area (Å²) in [4.78, 5) is 54.9. The maximum Gasteiger partial charge on any atom is 0.408 e. The molecule has 10 nitrogen and oxygen atoms in total. The van der Waals surface area contributed by atoms with Crippen LogP contribution < -0.4 is 10.6 Å². The number of nitrogens with zero attached hydrogens (tertiary/aromatic N) is 1. The maximum atomic E-state index is 13.6. The van der Waals surface area contributed by atoms with Crippen LogP contribution in [-0.4, -0.2) is 71.6 Å². The zero-order valence-corrected chi connectivity index (χ0v) is 20.0. The van der Waals surface area contributed by atoms with Crippen LogP contribution in [0.4, 0.5) is 4.79 Å². The van der Waals surface area contributed by atoms with Crippen LogP contribution in [0.15, 0.2) is 30.5 Å². The van der Waals surface area contributed by atoms with Crippen LogP contribution in [0, 0.1) is 0 Å². The van der Waals surface area contributed by atoms with Gasteiger partial charge in [-0.25, -0.2) is 4.79 Å². The zero-order chi connectivity index (χ0) is 24.9. The maximum absolute atomic E-state index is 13.6. The molecule has 2 aromatic rings. The lowest BCUT2D eigenvalue weighted by Gasteiger charge is -2.29. The number of para-hydroxylation sites is 1. The normalized spacial score (nSPS) is 16.7. The molecule has 1 saturated heterocycles. The Bertz CT molecular complexity index is 1060. The molecular formula is C24H32N4O6. The van der Waals surface area contributed by atoms with E-state index < -0.39 is 35.7 Å². The summed E-state index contributed by atoms with van der Waals surface area (Å²) in [6.45, 7) is 5.32. The Morgan fingerprint density at radius 2 is 1.94 bits per heavy atom. The number of ether oxygens (including phenoxy) is 2. The third kappa shape index (κ3) is 6.27. The lowest BCUT2D eigenvalue weighted by atomic mass is 10.0. The molecule has 0 radical (unpaired) electrons. The Hall–Kier alpha value is -3.56. The molecular weight excluding hydrogens is 440 g/mol. The average molecular weight is 473 g/mol. The Balaban J connectivity index is 1.81. The van der Waals surface area contributed by atoms with Gasteiger partial charge in [-0.2, -0.15) is 0 Å². The van der Waals surface area contributed by atoms with E-state index in [0.717, 1.165) is 16.5 Å². The number of fused-ring (bicyclic) bond motifs is 1. The van der Waals surface area contributed by atoms with Crippen LogP contribution in [-0.2, 0) is 30.3 Å². The number of likely N-dealkylation sites (tertiary alicyclic amines) is 1. The topological polar surface area (TPSA) is 130 Å². The molecule has 2 atom stereocenters. The summed E-state index contributed by atoms with van der Waals surface area (Å²) < 4.78 is 9.93. The van der Waals surface area contributed by atoms with Gasteiger partial charge in [0.25, 0.3) is 0 Å². The van der Waals surface area contributed by atoms with Crippen molar-refractivity contribution in [3.8, 4) is 0 Å². The second kappa shape index (κ2) is 10.6. The second-order valence-electron chi connectivity index (χ2n) is 9.25. The quantitative estimate of drug-likeness (QED) is 0.528. The van der Waals surface area contributed by atoms with Crippen molar-refractivity contribution in [1.82, 2.24) is 20.5 Å². The second-order valence-corrected chi connectivity index (χ2v) is 9.25. The van der Waals surface area contributed by atoms with Gasteiger partial charge in [-0.15, -0.1) is 0 Å². The number of amides is 3. The number of benzene rings is 1. The van der Waals surface area contributed by atoms with Gasteiger partial charge in [-0.3, -0.25) is 14.4 Å². The molecule has 3 N–H and O–H groups in total. The fraction of sp³-hybridized carbons (Fsp3) is 0.500. The summed E-state index contributed by atoms with van der Waals surface area (Å²) in [7, 11) is 1.23. The summed E-state index contributed by atoms with van der Waals surface area (Å²) in [5.41, 5.74) is 1.04. The van der Waals surface area contributed by atoms with Crippen molar-refractivity contribution in [3.63, 3.8) is 0 Å². The Labute approximate surface area is 198 Å². The largest absolute Gasteiger partial charge is 0.468 e. The first-order valence-corrected chi connectivity index (χ1v) is 11.3. The summed E-state index contributed by atoms with van der Waals surface area (Å²) in [6, 6.07) is 6.01. The van der Waals surface area contributed by atoms with Crippen molar-refractivity contribution < 1.29 is 28.7 Å². The van der Waals surface area contributed by atoms with Gasteiger partial charge in [-0.05, 0) is 45.2 Å². The van der Waals surface area contributed by atoms with Crippen molar-refractivity contribution in [2.24, 2.45) is 0 Å². The number of rotatable bonds is 7. The number of alkyl carbamates (subject to hydrolysis) is 1. The number of hydrogen-bond donors (Lipinski definition) is 3. The first-order chi connectivity index (χ1) is 16.1. The molecule has 1 aliphatic rings. The predicted molar refractivity (Wildman–Crippen MR) is 125 cm³/mol. The highest BCUT2D eigenvalue weighted by Gasteiger charge is 2.38. The molecule has 184 valence electrons. The third-order valence-electron chi connectivity index (χ3n) is 5.56. The first kappa shape index (κ1) is 25.1. The number of carbonyl (C=O) groups is 4. The van der Waals surface area contributed by atoms with Crippen molar-refractivity contribution >= 4 is 34.8 Å². The van der Waals surface area contributed by atoms with Gasteiger partial charge in [0, 0.05) is 30.1 Å². The van der Waals surface area contributed by atoms with E-state index in [1.54, 1.807) is 20.8 Å². The fourth-order valence-corrected chi connectivity index (χ4v) is 4.02. The fourth-order valence-electron chi connectivity index (χ4n) is 4.02. The lowest BCUT2D eigenvalue weighted by Crippen LogP contribution is -2.55. The Morgan fingerprint density at radius 3 is 2.65 bits per heavy atom. The van der Waals surface area contributed by atoms with Crippen LogP contribution in [0.5, 0.6) is 0 Å². The highest BCUT2D eigenvalue weighted by Crippen LogP contribution is 2.23. The number of nitrogens with one attached hydrogen (secondary N) is 3. The number of carbonyl (C=O) groups excluding carboxylic acids is 4. The summed E-state index contributed by atoms with van der Waals surface area (Å²) >= 11 is 0. The number of methoxy groups -OCH3 is 1. The molecule has 1 aromatic carbocycles. The summed E-state index contributed by atoms with van der Waals surface area (Å²) in [5.74, 6) is -1.39. The number of aromatic nitrogens is 1. The molecule has 3 amide bonds. The van der Waals surface area contributed by atoms with E-state index >= 15 is 0 Å². The van der Waals surface area contributed by atoms with Gasteiger partial charge in [-0.1, -0.05) is 18.2 Å². The standard InChI is InChI=1S/C24H32N4O6/c1-24(2,3)34-23(32)27-18(12-15-13-25-17-9-6-5-8-16(15)17)22(31)28-11-7-10-19(28)21(30)26-14-20(29)33-4/h5-6,8-9,13,18-19,25H,7,10-12,14H2,1-4H3,(H,26,30)(H,27,32). The number of esters is 1. The number of aromatic amines is 1.